The number of ether oxygens (including phenoxy) is 1. The van der Waals surface area contributed by atoms with Gasteiger partial charge in [-0.3, -0.25) is 0 Å². The first-order valence-corrected chi connectivity index (χ1v) is 6.81. The van der Waals surface area contributed by atoms with Crippen molar-refractivity contribution in [1.82, 2.24) is 0 Å². The molecule has 0 aliphatic rings. The summed E-state index contributed by atoms with van der Waals surface area (Å²) in [7, 11) is 1.66. The number of hydrogen-bond acceptors (Lipinski definition) is 2. The molecule has 0 bridgehead atoms. The van der Waals surface area contributed by atoms with Gasteiger partial charge in [-0.1, -0.05) is 29.8 Å². The summed E-state index contributed by atoms with van der Waals surface area (Å²) in [6.45, 7) is 2.06. The van der Waals surface area contributed by atoms with Crippen molar-refractivity contribution in [3.05, 3.63) is 58.9 Å². The van der Waals surface area contributed by atoms with Gasteiger partial charge in [-0.25, -0.2) is 4.39 Å². The molecule has 4 heteroatoms. The molecule has 0 spiro atoms. The van der Waals surface area contributed by atoms with E-state index in [2.05, 4.69) is 12.2 Å². The van der Waals surface area contributed by atoms with Crippen LogP contribution in [0.5, 0.6) is 5.75 Å². The van der Waals surface area contributed by atoms with Crippen molar-refractivity contribution in [3.8, 4) is 5.75 Å². The molecule has 0 fully saturated rings. The van der Waals surface area contributed by atoms with Gasteiger partial charge in [0.15, 0.2) is 0 Å². The van der Waals surface area contributed by atoms with E-state index in [1.807, 2.05) is 24.3 Å². The highest BCUT2D eigenvalue weighted by Gasteiger charge is 2.09. The zero-order chi connectivity index (χ0) is 14.5. The average molecular weight is 294 g/mol. The zero-order valence-corrected chi connectivity index (χ0v) is 12.2. The summed E-state index contributed by atoms with van der Waals surface area (Å²) in [6.07, 6.45) is 0.805. The van der Waals surface area contributed by atoms with Gasteiger partial charge < -0.3 is 10.1 Å². The molecular weight excluding hydrogens is 277 g/mol. The fourth-order valence-corrected chi connectivity index (χ4v) is 2.30. The number of rotatable bonds is 5. The number of halogens is 2. The summed E-state index contributed by atoms with van der Waals surface area (Å²) < 4.78 is 18.4. The van der Waals surface area contributed by atoms with Crippen molar-refractivity contribution >= 4 is 17.3 Å². The van der Waals surface area contributed by atoms with Gasteiger partial charge in [-0.05, 0) is 43.2 Å². The minimum atomic E-state index is -0.408. The highest BCUT2D eigenvalue weighted by atomic mass is 35.5. The Bertz CT molecular complexity index is 588. The quantitative estimate of drug-likeness (QED) is 0.874. The summed E-state index contributed by atoms with van der Waals surface area (Å²) >= 11 is 5.77. The molecule has 0 saturated heterocycles. The van der Waals surface area contributed by atoms with E-state index in [9.17, 15) is 4.39 Å². The lowest BCUT2D eigenvalue weighted by Crippen LogP contribution is -2.18. The number of methoxy groups -OCH3 is 1. The van der Waals surface area contributed by atoms with Crippen molar-refractivity contribution in [2.75, 3.05) is 12.4 Å². The first-order valence-electron chi connectivity index (χ1n) is 6.43. The number of anilines is 1. The first kappa shape index (κ1) is 14.7. The molecule has 106 valence electrons. The monoisotopic (exact) mass is 293 g/mol. The normalized spacial score (nSPS) is 12.0. The Balaban J connectivity index is 2.05. The van der Waals surface area contributed by atoms with Crippen molar-refractivity contribution in [1.29, 1.82) is 0 Å². The standard InChI is InChI=1S/C16H17ClFNO/c1-11(9-12-5-3-4-6-16(12)20-2)19-13-7-8-15(18)14(17)10-13/h3-8,10-11,19H,9H2,1-2H3/t11-/m1/s1. The molecule has 0 aliphatic heterocycles. The molecule has 2 rings (SSSR count). The van der Waals surface area contributed by atoms with Gasteiger partial charge in [0.05, 0.1) is 12.1 Å². The third-order valence-corrected chi connectivity index (χ3v) is 3.34. The highest BCUT2D eigenvalue weighted by Crippen LogP contribution is 2.22. The fourth-order valence-electron chi connectivity index (χ4n) is 2.12. The summed E-state index contributed by atoms with van der Waals surface area (Å²) in [5.74, 6) is 0.466. The Morgan fingerprint density at radius 1 is 1.25 bits per heavy atom. The molecule has 2 aromatic carbocycles. The summed E-state index contributed by atoms with van der Waals surface area (Å²) in [5, 5.41) is 3.43. The van der Waals surface area contributed by atoms with Gasteiger partial charge in [0.2, 0.25) is 0 Å². The van der Waals surface area contributed by atoms with Crippen LogP contribution in [0.15, 0.2) is 42.5 Å². The van der Waals surface area contributed by atoms with Crippen LogP contribution < -0.4 is 10.1 Å². The number of para-hydroxylation sites is 1. The Morgan fingerprint density at radius 3 is 2.70 bits per heavy atom. The zero-order valence-electron chi connectivity index (χ0n) is 11.5. The van der Waals surface area contributed by atoms with Crippen LogP contribution in [-0.2, 0) is 6.42 Å². The molecule has 20 heavy (non-hydrogen) atoms. The van der Waals surface area contributed by atoms with E-state index in [0.717, 1.165) is 23.4 Å². The topological polar surface area (TPSA) is 21.3 Å². The minimum Gasteiger partial charge on any atom is -0.496 e. The van der Waals surface area contributed by atoms with Gasteiger partial charge in [0.25, 0.3) is 0 Å². The predicted molar refractivity (Wildman–Crippen MR) is 81.2 cm³/mol. The van der Waals surface area contributed by atoms with E-state index in [-0.39, 0.29) is 11.1 Å². The molecule has 0 aromatic heterocycles. The van der Waals surface area contributed by atoms with Crippen LogP contribution in [0.4, 0.5) is 10.1 Å². The van der Waals surface area contributed by atoms with Crippen LogP contribution in [-0.4, -0.2) is 13.2 Å². The molecule has 2 nitrogen and oxygen atoms in total. The van der Waals surface area contributed by atoms with Gasteiger partial charge in [-0.15, -0.1) is 0 Å². The smallest absolute Gasteiger partial charge is 0.141 e. The lowest BCUT2D eigenvalue weighted by atomic mass is 10.1. The molecule has 1 atom stereocenters. The maximum Gasteiger partial charge on any atom is 0.141 e. The summed E-state index contributed by atoms with van der Waals surface area (Å²) in [5.41, 5.74) is 1.93. The van der Waals surface area contributed by atoms with Gasteiger partial charge in [0, 0.05) is 11.7 Å². The molecule has 0 aliphatic carbocycles. The SMILES string of the molecule is COc1ccccc1C[C@@H](C)Nc1ccc(F)c(Cl)c1. The van der Waals surface area contributed by atoms with Crippen molar-refractivity contribution in [2.45, 2.75) is 19.4 Å². The lowest BCUT2D eigenvalue weighted by molar-refractivity contribution is 0.409. The lowest BCUT2D eigenvalue weighted by Gasteiger charge is -2.17. The van der Waals surface area contributed by atoms with Crippen LogP contribution in [0.3, 0.4) is 0 Å². The van der Waals surface area contributed by atoms with Crippen LogP contribution in [0.25, 0.3) is 0 Å². The Hall–Kier alpha value is -1.74. The molecule has 1 N–H and O–H groups in total. The van der Waals surface area contributed by atoms with Crippen LogP contribution >= 0.6 is 11.6 Å². The Kier molecular flexibility index (Phi) is 4.85. The number of hydrogen-bond donors (Lipinski definition) is 1. The third-order valence-electron chi connectivity index (χ3n) is 3.05. The molecule has 0 heterocycles. The van der Waals surface area contributed by atoms with E-state index < -0.39 is 5.82 Å². The molecule has 0 amide bonds. The van der Waals surface area contributed by atoms with Gasteiger partial charge in [0.1, 0.15) is 11.6 Å². The first-order chi connectivity index (χ1) is 9.60. The van der Waals surface area contributed by atoms with Gasteiger partial charge >= 0.3 is 0 Å². The average Bonchev–Trinajstić information content (AvgIpc) is 2.43. The van der Waals surface area contributed by atoms with E-state index in [1.165, 1.54) is 6.07 Å². The van der Waals surface area contributed by atoms with Crippen molar-refractivity contribution in [2.24, 2.45) is 0 Å². The fraction of sp³-hybridized carbons (Fsp3) is 0.250. The summed E-state index contributed by atoms with van der Waals surface area (Å²) in [4.78, 5) is 0. The second-order valence-corrected chi connectivity index (χ2v) is 5.10. The number of benzene rings is 2. The van der Waals surface area contributed by atoms with E-state index >= 15 is 0 Å². The Morgan fingerprint density at radius 2 is 2.00 bits per heavy atom. The van der Waals surface area contributed by atoms with Crippen molar-refractivity contribution < 1.29 is 9.13 Å². The molecule has 0 unspecified atom stereocenters. The maximum atomic E-state index is 13.1. The molecule has 0 saturated carbocycles. The van der Waals surface area contributed by atoms with Crippen LogP contribution in [0.1, 0.15) is 12.5 Å². The predicted octanol–water partition coefficient (Wildman–Crippen LogP) is 4.53. The van der Waals surface area contributed by atoms with Gasteiger partial charge in [-0.2, -0.15) is 0 Å². The number of nitrogens with one attached hydrogen (secondary N) is 1. The van der Waals surface area contributed by atoms with Crippen LogP contribution in [0.2, 0.25) is 5.02 Å². The minimum absolute atomic E-state index is 0.125. The Labute approximate surface area is 123 Å². The van der Waals surface area contributed by atoms with E-state index in [4.69, 9.17) is 16.3 Å². The van der Waals surface area contributed by atoms with E-state index in [1.54, 1.807) is 19.2 Å². The van der Waals surface area contributed by atoms with E-state index in [0.29, 0.717) is 0 Å². The molecule has 2 aromatic rings. The summed E-state index contributed by atoms with van der Waals surface area (Å²) in [6, 6.07) is 12.7. The second-order valence-electron chi connectivity index (χ2n) is 4.69. The van der Waals surface area contributed by atoms with Crippen LogP contribution in [0, 0.1) is 5.82 Å². The molecular formula is C16H17ClFNO. The largest absolute Gasteiger partial charge is 0.496 e. The second kappa shape index (κ2) is 6.62. The third kappa shape index (κ3) is 3.64. The highest BCUT2D eigenvalue weighted by molar-refractivity contribution is 6.31. The maximum absolute atomic E-state index is 13.1. The van der Waals surface area contributed by atoms with Crippen molar-refractivity contribution in [3.63, 3.8) is 0 Å². The molecule has 0 radical (unpaired) electrons.